The molecule has 33 heavy (non-hydrogen) atoms. The molecular weight excluding hydrogens is 440 g/mol. The molecule has 2 atom stereocenters. The third kappa shape index (κ3) is 3.66. The molecular formula is C25H25ClN4O3. The van der Waals surface area contributed by atoms with Gasteiger partial charge in [-0.05, 0) is 63.6 Å². The number of nitrogens with zero attached hydrogens (tertiary/aromatic N) is 4. The van der Waals surface area contributed by atoms with Gasteiger partial charge >= 0.3 is 0 Å². The van der Waals surface area contributed by atoms with Crippen molar-refractivity contribution in [3.8, 4) is 11.4 Å². The molecule has 5 rings (SSSR count). The fourth-order valence-electron chi connectivity index (χ4n) is 4.87. The molecule has 2 aliphatic rings. The van der Waals surface area contributed by atoms with Gasteiger partial charge in [0.15, 0.2) is 0 Å². The highest BCUT2D eigenvalue weighted by molar-refractivity contribution is 6.30. The summed E-state index contributed by atoms with van der Waals surface area (Å²) in [6.07, 6.45) is 6.12. The van der Waals surface area contributed by atoms with Crippen LogP contribution in [-0.4, -0.2) is 37.6 Å². The highest BCUT2D eigenvalue weighted by Crippen LogP contribution is 2.40. The molecule has 0 saturated heterocycles. The Labute approximate surface area is 196 Å². The van der Waals surface area contributed by atoms with Crippen molar-refractivity contribution in [2.24, 2.45) is 0 Å². The monoisotopic (exact) mass is 464 g/mol. The number of carbonyl (C=O) groups excluding carboxylic acids is 1. The molecule has 0 fully saturated rings. The number of benzene rings is 1. The van der Waals surface area contributed by atoms with Gasteiger partial charge in [-0.1, -0.05) is 11.6 Å². The van der Waals surface area contributed by atoms with Crippen molar-refractivity contribution in [1.29, 1.82) is 0 Å². The summed E-state index contributed by atoms with van der Waals surface area (Å²) >= 11 is 6.28. The number of rotatable bonds is 3. The minimum Gasteiger partial charge on any atom is -0.493 e. The van der Waals surface area contributed by atoms with Crippen LogP contribution in [0.3, 0.4) is 0 Å². The highest BCUT2D eigenvalue weighted by Gasteiger charge is 2.35. The summed E-state index contributed by atoms with van der Waals surface area (Å²) in [5.74, 6) is 0.684. The SMILES string of the molecule is CC1=CCn2c(ccc(-n3cnc(C)c3)c2=O)C(=O)N1C(C)C1CCOc2ccc(Cl)cc21. The number of amides is 1. The quantitative estimate of drug-likeness (QED) is 0.579. The fourth-order valence-corrected chi connectivity index (χ4v) is 5.05. The van der Waals surface area contributed by atoms with Crippen LogP contribution in [0, 0.1) is 6.92 Å². The number of ether oxygens (including phenoxy) is 1. The van der Waals surface area contributed by atoms with E-state index in [1.807, 2.05) is 45.0 Å². The van der Waals surface area contributed by atoms with Crippen LogP contribution in [0.15, 0.2) is 59.4 Å². The van der Waals surface area contributed by atoms with E-state index in [1.165, 1.54) is 4.57 Å². The molecule has 170 valence electrons. The standard InChI is InChI=1S/C25H25ClN4O3/c1-15-13-28(14-27-15)21-5-6-22-25(32)30(16(2)8-10-29(22)24(21)31)17(3)19-9-11-33-23-7-4-18(26)12-20(19)23/h4-8,12-14,17,19H,9-11H2,1-3H3. The van der Waals surface area contributed by atoms with E-state index in [9.17, 15) is 9.59 Å². The summed E-state index contributed by atoms with van der Waals surface area (Å²) in [5.41, 5.74) is 3.27. The van der Waals surface area contributed by atoms with Crippen molar-refractivity contribution < 1.29 is 9.53 Å². The number of imidazole rings is 1. The molecule has 0 saturated carbocycles. The second kappa shape index (κ2) is 8.23. The Morgan fingerprint density at radius 1 is 1.18 bits per heavy atom. The minimum atomic E-state index is -0.222. The molecule has 8 heteroatoms. The molecule has 7 nitrogen and oxygen atoms in total. The summed E-state index contributed by atoms with van der Waals surface area (Å²) < 4.78 is 9.06. The maximum atomic E-state index is 13.8. The Morgan fingerprint density at radius 3 is 2.76 bits per heavy atom. The van der Waals surface area contributed by atoms with Crippen molar-refractivity contribution in [1.82, 2.24) is 19.0 Å². The molecule has 4 heterocycles. The number of carbonyl (C=O) groups is 1. The summed E-state index contributed by atoms with van der Waals surface area (Å²) in [4.78, 5) is 33.1. The zero-order valence-electron chi connectivity index (χ0n) is 18.8. The molecule has 0 N–H and O–H groups in total. The molecule has 1 amide bonds. The minimum absolute atomic E-state index is 0.0613. The lowest BCUT2D eigenvalue weighted by atomic mass is 9.86. The molecule has 2 aromatic heterocycles. The fraction of sp³-hybridized carbons (Fsp3) is 0.320. The molecule has 2 aliphatic heterocycles. The van der Waals surface area contributed by atoms with E-state index in [-0.39, 0.29) is 23.4 Å². The molecule has 0 radical (unpaired) electrons. The van der Waals surface area contributed by atoms with Gasteiger partial charge in [-0.3, -0.25) is 14.2 Å². The van der Waals surface area contributed by atoms with Gasteiger partial charge in [-0.2, -0.15) is 0 Å². The number of fused-ring (bicyclic) bond motifs is 2. The number of allylic oxidation sites excluding steroid dienone is 2. The van der Waals surface area contributed by atoms with Gasteiger partial charge in [0.05, 0.1) is 18.6 Å². The number of pyridine rings is 1. The van der Waals surface area contributed by atoms with Gasteiger partial charge in [0, 0.05) is 41.0 Å². The Morgan fingerprint density at radius 2 is 2.00 bits per heavy atom. The van der Waals surface area contributed by atoms with Crippen molar-refractivity contribution in [3.63, 3.8) is 0 Å². The number of halogens is 1. The predicted molar refractivity (Wildman–Crippen MR) is 126 cm³/mol. The summed E-state index contributed by atoms with van der Waals surface area (Å²) in [5, 5.41) is 0.644. The number of hydrogen-bond acceptors (Lipinski definition) is 4. The normalized spacial score (nSPS) is 18.7. The summed E-state index contributed by atoms with van der Waals surface area (Å²) in [6.45, 7) is 6.74. The van der Waals surface area contributed by atoms with E-state index < -0.39 is 0 Å². The Kier molecular flexibility index (Phi) is 5.37. The maximum absolute atomic E-state index is 13.8. The lowest BCUT2D eigenvalue weighted by Crippen LogP contribution is -2.42. The summed E-state index contributed by atoms with van der Waals surface area (Å²) in [7, 11) is 0. The maximum Gasteiger partial charge on any atom is 0.275 e. The average Bonchev–Trinajstić information content (AvgIpc) is 3.17. The van der Waals surface area contributed by atoms with Crippen LogP contribution in [-0.2, 0) is 6.54 Å². The van der Waals surface area contributed by atoms with E-state index in [1.54, 1.807) is 34.1 Å². The lowest BCUT2D eigenvalue weighted by molar-refractivity contribution is 0.0715. The van der Waals surface area contributed by atoms with Crippen molar-refractivity contribution in [2.75, 3.05) is 6.61 Å². The second-order valence-electron chi connectivity index (χ2n) is 8.63. The molecule has 0 bridgehead atoms. The first-order valence-corrected chi connectivity index (χ1v) is 11.4. The third-order valence-corrected chi connectivity index (χ3v) is 6.81. The Hall–Kier alpha value is -3.32. The first kappa shape index (κ1) is 21.5. The van der Waals surface area contributed by atoms with Crippen LogP contribution in [0.25, 0.3) is 5.69 Å². The van der Waals surface area contributed by atoms with Gasteiger partial charge in [-0.15, -0.1) is 0 Å². The third-order valence-electron chi connectivity index (χ3n) is 6.58. The number of aryl methyl sites for hydroxylation is 1. The smallest absolute Gasteiger partial charge is 0.275 e. The topological polar surface area (TPSA) is 69.4 Å². The van der Waals surface area contributed by atoms with Crippen LogP contribution in [0.1, 0.15) is 47.9 Å². The van der Waals surface area contributed by atoms with E-state index in [4.69, 9.17) is 16.3 Å². The van der Waals surface area contributed by atoms with Crippen LogP contribution in [0.5, 0.6) is 5.75 Å². The molecule has 0 aliphatic carbocycles. The number of aromatic nitrogens is 3. The van der Waals surface area contributed by atoms with Crippen molar-refractivity contribution in [2.45, 2.75) is 45.7 Å². The zero-order chi connectivity index (χ0) is 23.3. The van der Waals surface area contributed by atoms with Crippen molar-refractivity contribution >= 4 is 17.5 Å². The van der Waals surface area contributed by atoms with Gasteiger partial charge < -0.3 is 14.2 Å². The predicted octanol–water partition coefficient (Wildman–Crippen LogP) is 4.31. The number of hydrogen-bond donors (Lipinski definition) is 0. The second-order valence-corrected chi connectivity index (χ2v) is 9.07. The van der Waals surface area contributed by atoms with Crippen LogP contribution >= 0.6 is 11.6 Å². The van der Waals surface area contributed by atoms with Crippen LogP contribution < -0.4 is 10.3 Å². The zero-order valence-corrected chi connectivity index (χ0v) is 19.5. The van der Waals surface area contributed by atoms with E-state index >= 15 is 0 Å². The first-order chi connectivity index (χ1) is 15.8. The van der Waals surface area contributed by atoms with Crippen molar-refractivity contribution in [3.05, 3.63) is 87.0 Å². The molecule has 2 unspecified atom stereocenters. The molecule has 0 spiro atoms. The lowest BCUT2D eigenvalue weighted by Gasteiger charge is -2.37. The van der Waals surface area contributed by atoms with E-state index in [0.717, 1.165) is 29.1 Å². The first-order valence-electron chi connectivity index (χ1n) is 11.0. The Bertz CT molecular complexity index is 1340. The van der Waals surface area contributed by atoms with Crippen LogP contribution in [0.4, 0.5) is 0 Å². The van der Waals surface area contributed by atoms with E-state index in [0.29, 0.717) is 29.6 Å². The van der Waals surface area contributed by atoms with Gasteiger partial charge in [0.1, 0.15) is 17.1 Å². The molecule has 1 aromatic carbocycles. The summed E-state index contributed by atoms with van der Waals surface area (Å²) in [6, 6.07) is 8.91. The average molecular weight is 465 g/mol. The van der Waals surface area contributed by atoms with E-state index in [2.05, 4.69) is 4.98 Å². The molecule has 3 aromatic rings. The Balaban J connectivity index is 1.54. The van der Waals surface area contributed by atoms with Crippen LogP contribution in [0.2, 0.25) is 5.02 Å². The van der Waals surface area contributed by atoms with Gasteiger partial charge in [0.25, 0.3) is 11.5 Å². The highest BCUT2D eigenvalue weighted by atomic mass is 35.5. The van der Waals surface area contributed by atoms with Gasteiger partial charge in [0.2, 0.25) is 0 Å². The largest absolute Gasteiger partial charge is 0.493 e. The van der Waals surface area contributed by atoms with Gasteiger partial charge in [-0.25, -0.2) is 4.98 Å².